The molecule has 5 nitrogen and oxygen atoms in total. The lowest BCUT2D eigenvalue weighted by Crippen LogP contribution is -2.14. The van der Waals surface area contributed by atoms with Gasteiger partial charge in [0.25, 0.3) is 0 Å². The van der Waals surface area contributed by atoms with Crippen LogP contribution in [-0.4, -0.2) is 26.4 Å². The van der Waals surface area contributed by atoms with Gasteiger partial charge in [0.1, 0.15) is 0 Å². The first-order valence-corrected chi connectivity index (χ1v) is 10.3. The number of hydrogen-bond donors (Lipinski definition) is 1. The van der Waals surface area contributed by atoms with Gasteiger partial charge in [0.15, 0.2) is 11.0 Å². The lowest BCUT2D eigenvalue weighted by molar-refractivity contribution is -0.113. The second kappa shape index (κ2) is 8.94. The van der Waals surface area contributed by atoms with E-state index in [1.807, 2.05) is 77.4 Å². The monoisotopic (exact) mass is 420 g/mol. The van der Waals surface area contributed by atoms with Crippen molar-refractivity contribution in [1.82, 2.24) is 14.8 Å². The van der Waals surface area contributed by atoms with Gasteiger partial charge in [-0.15, -0.1) is 10.2 Å². The Morgan fingerprint density at radius 2 is 1.55 bits per heavy atom. The topological polar surface area (TPSA) is 59.8 Å². The summed E-state index contributed by atoms with van der Waals surface area (Å²) < 4.78 is 1.96. The van der Waals surface area contributed by atoms with Crippen molar-refractivity contribution in [3.8, 4) is 17.1 Å². The fourth-order valence-corrected chi connectivity index (χ4v) is 3.76. The first kappa shape index (κ1) is 19.2. The molecule has 0 fully saturated rings. The summed E-state index contributed by atoms with van der Waals surface area (Å²) >= 11 is 7.44. The fraction of sp³-hybridized carbons (Fsp3) is 0.0455. The molecule has 1 heterocycles. The van der Waals surface area contributed by atoms with Crippen LogP contribution in [0.3, 0.4) is 0 Å². The van der Waals surface area contributed by atoms with Gasteiger partial charge in [0, 0.05) is 11.3 Å². The van der Waals surface area contributed by atoms with Crippen LogP contribution in [0, 0.1) is 0 Å². The van der Waals surface area contributed by atoms with Crippen LogP contribution in [0.1, 0.15) is 0 Å². The number of halogens is 1. The number of carbonyl (C=O) groups excluding carboxylic acids is 1. The molecule has 4 aromatic rings. The number of para-hydroxylation sites is 2. The molecule has 1 N–H and O–H groups in total. The molecule has 0 radical (unpaired) electrons. The number of nitrogens with zero attached hydrogens (tertiary/aromatic N) is 3. The smallest absolute Gasteiger partial charge is 0.234 e. The van der Waals surface area contributed by atoms with Crippen LogP contribution in [0.25, 0.3) is 17.1 Å². The predicted molar refractivity (Wildman–Crippen MR) is 118 cm³/mol. The largest absolute Gasteiger partial charge is 0.324 e. The third kappa shape index (κ3) is 4.50. The molecule has 0 unspecified atom stereocenters. The minimum Gasteiger partial charge on any atom is -0.324 e. The van der Waals surface area contributed by atoms with Crippen LogP contribution >= 0.6 is 23.4 Å². The quantitative estimate of drug-likeness (QED) is 0.429. The third-order valence-electron chi connectivity index (χ3n) is 4.16. The van der Waals surface area contributed by atoms with Crippen LogP contribution in [-0.2, 0) is 4.79 Å². The molecule has 144 valence electrons. The molecule has 0 saturated carbocycles. The van der Waals surface area contributed by atoms with Crippen molar-refractivity contribution in [1.29, 1.82) is 0 Å². The van der Waals surface area contributed by atoms with Crippen LogP contribution in [0.2, 0.25) is 5.02 Å². The van der Waals surface area contributed by atoms with Crippen molar-refractivity contribution in [3.63, 3.8) is 0 Å². The standard InChI is InChI=1S/C22H17ClN4OS/c23-18-13-7-8-14-19(18)24-20(28)15-29-22-26-25-21(16-9-3-1-4-10-16)27(22)17-11-5-2-6-12-17/h1-14H,15H2,(H,24,28). The Morgan fingerprint density at radius 1 is 0.897 bits per heavy atom. The van der Waals surface area contributed by atoms with E-state index in [9.17, 15) is 4.79 Å². The molecule has 0 aliphatic carbocycles. The molecule has 7 heteroatoms. The second-order valence-electron chi connectivity index (χ2n) is 6.16. The fourth-order valence-electron chi connectivity index (χ4n) is 2.83. The Labute approximate surface area is 177 Å². The molecule has 4 rings (SSSR count). The molecule has 0 atom stereocenters. The number of hydrogen-bond acceptors (Lipinski definition) is 4. The number of amides is 1. The number of aromatic nitrogens is 3. The van der Waals surface area contributed by atoms with Crippen molar-refractivity contribution in [2.24, 2.45) is 0 Å². The lowest BCUT2D eigenvalue weighted by atomic mass is 10.2. The normalized spacial score (nSPS) is 10.7. The molecular formula is C22H17ClN4OS. The summed E-state index contributed by atoms with van der Waals surface area (Å²) in [5.41, 5.74) is 2.48. The van der Waals surface area contributed by atoms with Crippen LogP contribution in [0.15, 0.2) is 90.1 Å². The van der Waals surface area contributed by atoms with Crippen molar-refractivity contribution in [2.75, 3.05) is 11.1 Å². The van der Waals surface area contributed by atoms with Gasteiger partial charge < -0.3 is 5.32 Å². The molecule has 1 amide bonds. The maximum atomic E-state index is 12.4. The minimum absolute atomic E-state index is 0.160. The molecule has 1 aromatic heterocycles. The zero-order valence-corrected chi connectivity index (χ0v) is 16.9. The highest BCUT2D eigenvalue weighted by molar-refractivity contribution is 7.99. The van der Waals surface area contributed by atoms with Crippen LogP contribution in [0.4, 0.5) is 5.69 Å². The minimum atomic E-state index is -0.160. The van der Waals surface area contributed by atoms with Crippen LogP contribution in [0.5, 0.6) is 0 Å². The van der Waals surface area contributed by atoms with E-state index in [1.54, 1.807) is 12.1 Å². The van der Waals surface area contributed by atoms with Gasteiger partial charge in [0.2, 0.25) is 5.91 Å². The Bertz CT molecular complexity index is 1120. The zero-order chi connectivity index (χ0) is 20.1. The van der Waals surface area contributed by atoms with E-state index >= 15 is 0 Å². The number of carbonyl (C=O) groups is 1. The predicted octanol–water partition coefficient (Wildman–Crippen LogP) is 5.32. The summed E-state index contributed by atoms with van der Waals surface area (Å²) in [5, 5.41) is 12.7. The highest BCUT2D eigenvalue weighted by atomic mass is 35.5. The first-order valence-electron chi connectivity index (χ1n) is 8.96. The number of rotatable bonds is 6. The molecule has 29 heavy (non-hydrogen) atoms. The Hall–Kier alpha value is -3.09. The highest BCUT2D eigenvalue weighted by Crippen LogP contribution is 2.28. The van der Waals surface area contributed by atoms with Crippen molar-refractivity contribution < 1.29 is 4.79 Å². The van der Waals surface area contributed by atoms with Gasteiger partial charge in [0.05, 0.1) is 16.5 Å². The van der Waals surface area contributed by atoms with Gasteiger partial charge >= 0.3 is 0 Å². The average Bonchev–Trinajstić information content (AvgIpc) is 3.19. The van der Waals surface area contributed by atoms with E-state index < -0.39 is 0 Å². The summed E-state index contributed by atoms with van der Waals surface area (Å²) in [5.74, 6) is 0.753. The Morgan fingerprint density at radius 3 is 2.28 bits per heavy atom. The molecule has 0 aliphatic rings. The molecule has 0 aliphatic heterocycles. The Balaban J connectivity index is 1.58. The van der Waals surface area contributed by atoms with Crippen molar-refractivity contribution in [3.05, 3.63) is 90.0 Å². The average molecular weight is 421 g/mol. The molecule has 0 bridgehead atoms. The van der Waals surface area contributed by atoms with E-state index in [1.165, 1.54) is 11.8 Å². The summed E-state index contributed by atoms with van der Waals surface area (Å²) in [6.45, 7) is 0. The number of thioether (sulfide) groups is 1. The van der Waals surface area contributed by atoms with E-state index in [-0.39, 0.29) is 11.7 Å². The lowest BCUT2D eigenvalue weighted by Gasteiger charge is -2.10. The summed E-state index contributed by atoms with van der Waals surface area (Å²) in [6, 6.07) is 26.9. The first-order chi connectivity index (χ1) is 14.2. The van der Waals surface area contributed by atoms with Crippen molar-refractivity contribution >= 4 is 35.0 Å². The Kier molecular flexibility index (Phi) is 5.93. The van der Waals surface area contributed by atoms with Gasteiger partial charge in [-0.3, -0.25) is 9.36 Å². The maximum Gasteiger partial charge on any atom is 0.234 e. The molecule has 3 aromatic carbocycles. The van der Waals surface area contributed by atoms with Gasteiger partial charge in [-0.2, -0.15) is 0 Å². The molecular weight excluding hydrogens is 404 g/mol. The number of benzene rings is 3. The van der Waals surface area contributed by atoms with E-state index in [2.05, 4.69) is 15.5 Å². The van der Waals surface area contributed by atoms with Crippen molar-refractivity contribution in [2.45, 2.75) is 5.16 Å². The summed E-state index contributed by atoms with van der Waals surface area (Å²) in [6.07, 6.45) is 0. The van der Waals surface area contributed by atoms with Gasteiger partial charge in [-0.05, 0) is 24.3 Å². The van der Waals surface area contributed by atoms with E-state index in [0.717, 1.165) is 17.1 Å². The van der Waals surface area contributed by atoms with E-state index in [0.29, 0.717) is 15.9 Å². The number of anilines is 1. The number of nitrogens with one attached hydrogen (secondary N) is 1. The SMILES string of the molecule is O=C(CSc1nnc(-c2ccccc2)n1-c1ccccc1)Nc1ccccc1Cl. The summed E-state index contributed by atoms with van der Waals surface area (Å²) in [4.78, 5) is 12.4. The molecule has 0 spiro atoms. The zero-order valence-electron chi connectivity index (χ0n) is 15.3. The van der Waals surface area contributed by atoms with Crippen LogP contribution < -0.4 is 5.32 Å². The maximum absolute atomic E-state index is 12.4. The second-order valence-corrected chi connectivity index (χ2v) is 7.51. The highest BCUT2D eigenvalue weighted by Gasteiger charge is 2.17. The van der Waals surface area contributed by atoms with Gasteiger partial charge in [-0.1, -0.05) is 84.0 Å². The summed E-state index contributed by atoms with van der Waals surface area (Å²) in [7, 11) is 0. The van der Waals surface area contributed by atoms with Gasteiger partial charge in [-0.25, -0.2) is 0 Å². The third-order valence-corrected chi connectivity index (χ3v) is 5.42. The molecule has 0 saturated heterocycles. The van der Waals surface area contributed by atoms with E-state index in [4.69, 9.17) is 11.6 Å².